The molecule has 1 saturated heterocycles. The lowest BCUT2D eigenvalue weighted by Crippen LogP contribution is -2.54. The summed E-state index contributed by atoms with van der Waals surface area (Å²) in [6, 6.07) is 8.80. The highest BCUT2D eigenvalue weighted by molar-refractivity contribution is 5.98. The predicted molar refractivity (Wildman–Crippen MR) is 148 cm³/mol. The fraction of sp³-hybridized carbons (Fsp3) is 0.500. The van der Waals surface area contributed by atoms with Crippen LogP contribution < -0.4 is 10.6 Å². The van der Waals surface area contributed by atoms with Gasteiger partial charge in [0, 0.05) is 44.0 Å². The number of carbonyl (C=O) groups is 4. The van der Waals surface area contributed by atoms with Gasteiger partial charge in [0.2, 0.25) is 17.7 Å². The molecule has 2 aliphatic heterocycles. The topological polar surface area (TPSA) is 112 Å². The Morgan fingerprint density at radius 3 is 2.73 bits per heavy atom. The third-order valence-corrected chi connectivity index (χ3v) is 7.60. The molecule has 0 saturated carbocycles. The lowest BCUT2D eigenvalue weighted by Gasteiger charge is -2.32. The summed E-state index contributed by atoms with van der Waals surface area (Å²) in [7, 11) is 0. The SMILES string of the molecule is CC(C)[C@@H]1CN(C(=O)CCc2ccccn2)CC(=O)NCCCc2ccc(F)c(c2)C(=O)N2CCC[C@H]2C(=O)N1. The fourth-order valence-corrected chi connectivity index (χ4v) is 5.21. The normalized spacial score (nSPS) is 21.1. The number of amides is 4. The van der Waals surface area contributed by atoms with Gasteiger partial charge in [-0.1, -0.05) is 26.0 Å². The first kappa shape index (κ1) is 29.2. The Labute approximate surface area is 234 Å². The smallest absolute Gasteiger partial charge is 0.257 e. The second-order valence-electron chi connectivity index (χ2n) is 10.9. The Bertz CT molecular complexity index is 1220. The second-order valence-corrected chi connectivity index (χ2v) is 10.9. The van der Waals surface area contributed by atoms with Crippen molar-refractivity contribution in [3.8, 4) is 0 Å². The van der Waals surface area contributed by atoms with Crippen molar-refractivity contribution in [2.75, 3.05) is 26.2 Å². The lowest BCUT2D eigenvalue weighted by atomic mass is 10.0. The van der Waals surface area contributed by atoms with E-state index < -0.39 is 23.8 Å². The van der Waals surface area contributed by atoms with Crippen LogP contribution in [0.15, 0.2) is 42.6 Å². The number of aromatic nitrogens is 1. The standard InChI is InChI=1S/C30H38FN5O4/c1-20(2)25-18-35(28(38)13-11-22-8-3-4-14-32-22)19-27(37)33-15-5-7-21-10-12-24(31)23(17-21)30(40)36-16-6-9-26(36)29(39)34-25/h3-4,8,10,12,14,17,20,25-26H,5-7,9,11,13,15-16,18-19H2,1-2H3,(H,33,37)(H,34,39)/t25-,26-/m0/s1. The molecule has 0 spiro atoms. The van der Waals surface area contributed by atoms with Crippen LogP contribution in [0.4, 0.5) is 4.39 Å². The molecule has 2 N–H and O–H groups in total. The fourth-order valence-electron chi connectivity index (χ4n) is 5.21. The number of hydrogen-bond donors (Lipinski definition) is 2. The van der Waals surface area contributed by atoms with Crippen molar-refractivity contribution in [1.29, 1.82) is 0 Å². The minimum Gasteiger partial charge on any atom is -0.355 e. The Balaban J connectivity index is 1.57. The molecule has 3 heterocycles. The zero-order valence-corrected chi connectivity index (χ0v) is 23.2. The summed E-state index contributed by atoms with van der Waals surface area (Å²) in [5.74, 6) is -2.01. The van der Waals surface area contributed by atoms with Gasteiger partial charge in [0.05, 0.1) is 12.1 Å². The molecule has 2 aromatic rings. The average molecular weight is 552 g/mol. The molecule has 1 aromatic heterocycles. The number of pyridine rings is 1. The minimum absolute atomic E-state index is 0.0457. The first-order valence-corrected chi connectivity index (χ1v) is 14.1. The average Bonchev–Trinajstić information content (AvgIpc) is 3.44. The Morgan fingerprint density at radius 2 is 1.98 bits per heavy atom. The lowest BCUT2D eigenvalue weighted by molar-refractivity contribution is -0.137. The molecule has 4 rings (SSSR count). The highest BCUT2D eigenvalue weighted by Gasteiger charge is 2.37. The molecular weight excluding hydrogens is 513 g/mol. The van der Waals surface area contributed by atoms with Crippen LogP contribution in [0.5, 0.6) is 0 Å². The molecule has 40 heavy (non-hydrogen) atoms. The van der Waals surface area contributed by atoms with Crippen molar-refractivity contribution in [2.45, 2.75) is 64.5 Å². The Morgan fingerprint density at radius 1 is 1.15 bits per heavy atom. The van der Waals surface area contributed by atoms with Crippen LogP contribution in [0, 0.1) is 11.7 Å². The van der Waals surface area contributed by atoms with Crippen LogP contribution in [0.3, 0.4) is 0 Å². The number of aryl methyl sites for hydroxylation is 2. The third-order valence-electron chi connectivity index (χ3n) is 7.60. The monoisotopic (exact) mass is 551 g/mol. The predicted octanol–water partition coefficient (Wildman–Crippen LogP) is 2.49. The molecule has 2 atom stereocenters. The first-order valence-electron chi connectivity index (χ1n) is 14.1. The number of rotatable bonds is 4. The molecule has 9 nitrogen and oxygen atoms in total. The van der Waals surface area contributed by atoms with E-state index in [0.717, 1.165) is 11.3 Å². The van der Waals surface area contributed by atoms with Gasteiger partial charge < -0.3 is 20.4 Å². The Kier molecular flexibility index (Phi) is 9.84. The van der Waals surface area contributed by atoms with Gasteiger partial charge in [0.1, 0.15) is 11.9 Å². The highest BCUT2D eigenvalue weighted by Crippen LogP contribution is 2.23. The van der Waals surface area contributed by atoms with E-state index in [0.29, 0.717) is 45.2 Å². The maximum Gasteiger partial charge on any atom is 0.257 e. The number of carbonyl (C=O) groups excluding carboxylic acids is 4. The summed E-state index contributed by atoms with van der Waals surface area (Å²) in [4.78, 5) is 60.3. The van der Waals surface area contributed by atoms with Crippen LogP contribution >= 0.6 is 0 Å². The maximum absolute atomic E-state index is 14.7. The maximum atomic E-state index is 14.7. The van der Waals surface area contributed by atoms with E-state index in [2.05, 4.69) is 15.6 Å². The highest BCUT2D eigenvalue weighted by atomic mass is 19.1. The summed E-state index contributed by atoms with van der Waals surface area (Å²) < 4.78 is 14.7. The van der Waals surface area contributed by atoms with Gasteiger partial charge in [0.15, 0.2) is 0 Å². The van der Waals surface area contributed by atoms with Crippen LogP contribution in [0.2, 0.25) is 0 Å². The zero-order chi connectivity index (χ0) is 28.6. The number of benzene rings is 1. The molecule has 1 aromatic carbocycles. The number of nitrogens with one attached hydrogen (secondary N) is 2. The molecule has 4 amide bonds. The van der Waals surface area contributed by atoms with Crippen molar-refractivity contribution in [3.63, 3.8) is 0 Å². The van der Waals surface area contributed by atoms with Gasteiger partial charge in [-0.15, -0.1) is 0 Å². The van der Waals surface area contributed by atoms with Crippen LogP contribution in [-0.2, 0) is 27.2 Å². The van der Waals surface area contributed by atoms with Gasteiger partial charge >= 0.3 is 0 Å². The molecule has 0 unspecified atom stereocenters. The van der Waals surface area contributed by atoms with E-state index in [1.54, 1.807) is 18.3 Å². The van der Waals surface area contributed by atoms with Crippen LogP contribution in [-0.4, -0.2) is 76.7 Å². The van der Waals surface area contributed by atoms with Crippen LogP contribution in [0.25, 0.3) is 0 Å². The summed E-state index contributed by atoms with van der Waals surface area (Å²) in [6.45, 7) is 4.62. The molecular formula is C30H38FN5O4. The number of nitrogens with zero attached hydrogens (tertiary/aromatic N) is 3. The molecule has 1 fully saturated rings. The summed E-state index contributed by atoms with van der Waals surface area (Å²) in [5, 5.41) is 5.90. The first-order chi connectivity index (χ1) is 19.2. The second kappa shape index (κ2) is 13.5. The number of halogens is 1. The van der Waals surface area contributed by atoms with Gasteiger partial charge in [-0.3, -0.25) is 24.2 Å². The minimum atomic E-state index is -0.732. The van der Waals surface area contributed by atoms with Crippen molar-refractivity contribution in [3.05, 3.63) is 65.2 Å². The summed E-state index contributed by atoms with van der Waals surface area (Å²) >= 11 is 0. The molecule has 214 valence electrons. The zero-order valence-electron chi connectivity index (χ0n) is 23.2. The van der Waals surface area contributed by atoms with Gasteiger partial charge in [-0.05, 0) is 67.9 Å². The van der Waals surface area contributed by atoms with E-state index >= 15 is 0 Å². The molecule has 10 heteroatoms. The van der Waals surface area contributed by atoms with Gasteiger partial charge in [-0.2, -0.15) is 0 Å². The van der Waals surface area contributed by atoms with E-state index in [4.69, 9.17) is 0 Å². The van der Waals surface area contributed by atoms with E-state index in [1.165, 1.54) is 15.9 Å². The quantitative estimate of drug-likeness (QED) is 0.607. The molecule has 2 aliphatic rings. The molecule has 2 bridgehead atoms. The van der Waals surface area contributed by atoms with E-state index in [9.17, 15) is 23.6 Å². The Hall–Kier alpha value is -3.82. The third kappa shape index (κ3) is 7.43. The summed E-state index contributed by atoms with van der Waals surface area (Å²) in [6.07, 6.45) is 4.51. The summed E-state index contributed by atoms with van der Waals surface area (Å²) in [5.41, 5.74) is 1.51. The van der Waals surface area contributed by atoms with E-state index in [1.807, 2.05) is 32.0 Å². The molecule has 0 radical (unpaired) electrons. The van der Waals surface area contributed by atoms with Crippen molar-refractivity contribution >= 4 is 23.6 Å². The van der Waals surface area contributed by atoms with Crippen LogP contribution in [0.1, 0.15) is 61.1 Å². The van der Waals surface area contributed by atoms with Crippen molar-refractivity contribution in [2.24, 2.45) is 5.92 Å². The van der Waals surface area contributed by atoms with Gasteiger partial charge in [0.25, 0.3) is 5.91 Å². The van der Waals surface area contributed by atoms with Crippen molar-refractivity contribution < 1.29 is 23.6 Å². The van der Waals surface area contributed by atoms with Crippen molar-refractivity contribution in [1.82, 2.24) is 25.4 Å². The van der Waals surface area contributed by atoms with Gasteiger partial charge in [-0.25, -0.2) is 4.39 Å². The molecule has 0 aliphatic carbocycles. The van der Waals surface area contributed by atoms with E-state index in [-0.39, 0.29) is 48.7 Å². The largest absolute Gasteiger partial charge is 0.355 e. The number of fused-ring (bicyclic) bond motifs is 3. The number of hydrogen-bond acceptors (Lipinski definition) is 5.